The van der Waals surface area contributed by atoms with E-state index in [1.54, 1.807) is 0 Å². The average molecular weight is 276 g/mol. The summed E-state index contributed by atoms with van der Waals surface area (Å²) in [6.45, 7) is 17.4. The van der Waals surface area contributed by atoms with Crippen LogP contribution < -0.4 is 5.73 Å². The summed E-state index contributed by atoms with van der Waals surface area (Å²) in [5, 5.41) is 0. The van der Waals surface area contributed by atoms with Crippen molar-refractivity contribution in [1.82, 2.24) is 4.90 Å². The minimum atomic E-state index is 0.318. The number of nitrogens with zero attached hydrogens (tertiary/aromatic N) is 1. The Balaban J connectivity index is 3.23. The highest BCUT2D eigenvalue weighted by Crippen LogP contribution is 2.29. The molecular formula is C18H32N2. The predicted molar refractivity (Wildman–Crippen MR) is 89.1 cm³/mol. The molecule has 0 amide bonds. The number of nitrogens with two attached hydrogens (primary N) is 1. The van der Waals surface area contributed by atoms with Crippen molar-refractivity contribution in [1.29, 1.82) is 0 Å². The second-order valence-corrected chi connectivity index (χ2v) is 6.75. The maximum atomic E-state index is 6.15. The van der Waals surface area contributed by atoms with Crippen LogP contribution in [-0.2, 0) is 0 Å². The first-order valence-electron chi connectivity index (χ1n) is 7.81. The first kappa shape index (κ1) is 17.2. The van der Waals surface area contributed by atoms with E-state index in [0.717, 1.165) is 6.54 Å². The van der Waals surface area contributed by atoms with Crippen LogP contribution in [0, 0.1) is 26.7 Å². The van der Waals surface area contributed by atoms with E-state index in [1.165, 1.54) is 22.3 Å². The van der Waals surface area contributed by atoms with Crippen molar-refractivity contribution in [2.75, 3.05) is 13.1 Å². The zero-order chi connectivity index (χ0) is 15.4. The maximum Gasteiger partial charge on any atom is 0.0478 e. The standard InChI is InChI=1S/C18H32N2/c1-12(2)11-20(13(3)4)17(10-19)18-15(6)8-14(5)9-16(18)7/h8-9,12-13,17H,10-11,19H2,1-7H3. The summed E-state index contributed by atoms with van der Waals surface area (Å²) in [7, 11) is 0. The summed E-state index contributed by atoms with van der Waals surface area (Å²) >= 11 is 0. The Hall–Kier alpha value is -0.860. The topological polar surface area (TPSA) is 29.3 Å². The molecule has 0 spiro atoms. The minimum Gasteiger partial charge on any atom is -0.329 e. The Labute approximate surface area is 125 Å². The van der Waals surface area contributed by atoms with Crippen molar-refractivity contribution in [2.24, 2.45) is 11.7 Å². The molecule has 0 bridgehead atoms. The lowest BCUT2D eigenvalue weighted by atomic mass is 9.92. The summed E-state index contributed by atoms with van der Waals surface area (Å²) in [6.07, 6.45) is 0. The second-order valence-electron chi connectivity index (χ2n) is 6.75. The third-order valence-electron chi connectivity index (χ3n) is 3.93. The monoisotopic (exact) mass is 276 g/mol. The van der Waals surface area contributed by atoms with Gasteiger partial charge in [-0.25, -0.2) is 0 Å². The van der Waals surface area contributed by atoms with Gasteiger partial charge in [-0.2, -0.15) is 0 Å². The van der Waals surface area contributed by atoms with Crippen molar-refractivity contribution in [2.45, 2.75) is 60.5 Å². The Bertz CT molecular complexity index is 412. The molecule has 1 atom stereocenters. The van der Waals surface area contributed by atoms with Crippen molar-refractivity contribution in [3.05, 3.63) is 34.4 Å². The van der Waals surface area contributed by atoms with E-state index in [4.69, 9.17) is 5.73 Å². The first-order valence-corrected chi connectivity index (χ1v) is 7.81. The molecule has 1 aromatic carbocycles. The third-order valence-corrected chi connectivity index (χ3v) is 3.93. The normalized spacial score (nSPS) is 13.6. The molecule has 0 heterocycles. The Morgan fingerprint density at radius 2 is 1.50 bits per heavy atom. The number of hydrogen-bond donors (Lipinski definition) is 1. The summed E-state index contributed by atoms with van der Waals surface area (Å²) in [6, 6.07) is 5.38. The molecule has 2 nitrogen and oxygen atoms in total. The molecule has 0 aliphatic carbocycles. The minimum absolute atomic E-state index is 0.318. The lowest BCUT2D eigenvalue weighted by Crippen LogP contribution is -2.41. The van der Waals surface area contributed by atoms with E-state index in [9.17, 15) is 0 Å². The van der Waals surface area contributed by atoms with Gasteiger partial charge in [0.15, 0.2) is 0 Å². The van der Waals surface area contributed by atoms with Gasteiger partial charge in [-0.15, -0.1) is 0 Å². The fraction of sp³-hybridized carbons (Fsp3) is 0.667. The van der Waals surface area contributed by atoms with Gasteiger partial charge in [-0.1, -0.05) is 31.5 Å². The Morgan fingerprint density at radius 1 is 1.00 bits per heavy atom. The average Bonchev–Trinajstić information content (AvgIpc) is 2.30. The van der Waals surface area contributed by atoms with Crippen LogP contribution in [0.1, 0.15) is 56.0 Å². The largest absolute Gasteiger partial charge is 0.329 e. The molecule has 2 heteroatoms. The molecule has 0 aromatic heterocycles. The van der Waals surface area contributed by atoms with E-state index in [0.29, 0.717) is 24.5 Å². The van der Waals surface area contributed by atoms with Crippen LogP contribution in [0.5, 0.6) is 0 Å². The van der Waals surface area contributed by atoms with Crippen molar-refractivity contribution < 1.29 is 0 Å². The quantitative estimate of drug-likeness (QED) is 0.851. The molecule has 0 radical (unpaired) electrons. The van der Waals surface area contributed by atoms with Crippen LogP contribution in [0.4, 0.5) is 0 Å². The predicted octanol–water partition coefficient (Wildman–Crippen LogP) is 3.98. The molecule has 0 saturated carbocycles. The lowest BCUT2D eigenvalue weighted by molar-refractivity contribution is 0.137. The highest BCUT2D eigenvalue weighted by atomic mass is 15.2. The van der Waals surface area contributed by atoms with Crippen LogP contribution in [0.15, 0.2) is 12.1 Å². The SMILES string of the molecule is Cc1cc(C)c(C(CN)N(CC(C)C)C(C)C)c(C)c1. The molecule has 114 valence electrons. The first-order chi connectivity index (χ1) is 9.27. The zero-order valence-corrected chi connectivity index (χ0v) is 14.3. The fourth-order valence-corrected chi connectivity index (χ4v) is 3.26. The van der Waals surface area contributed by atoms with Crippen molar-refractivity contribution in [3.63, 3.8) is 0 Å². The van der Waals surface area contributed by atoms with E-state index >= 15 is 0 Å². The molecular weight excluding hydrogens is 244 g/mol. The summed E-state index contributed by atoms with van der Waals surface area (Å²) in [5.74, 6) is 0.650. The molecule has 2 N–H and O–H groups in total. The smallest absolute Gasteiger partial charge is 0.0478 e. The van der Waals surface area contributed by atoms with Gasteiger partial charge in [-0.05, 0) is 57.2 Å². The Kier molecular flexibility index (Phi) is 6.22. The number of benzene rings is 1. The number of aryl methyl sites for hydroxylation is 3. The summed E-state index contributed by atoms with van der Waals surface area (Å²) in [5.41, 5.74) is 11.6. The van der Waals surface area contributed by atoms with Gasteiger partial charge in [0.25, 0.3) is 0 Å². The molecule has 0 fully saturated rings. The van der Waals surface area contributed by atoms with Crippen LogP contribution in [0.2, 0.25) is 0 Å². The third kappa shape index (κ3) is 4.07. The van der Waals surface area contributed by atoms with E-state index < -0.39 is 0 Å². The van der Waals surface area contributed by atoms with Gasteiger partial charge in [0.1, 0.15) is 0 Å². The van der Waals surface area contributed by atoms with Crippen LogP contribution in [0.25, 0.3) is 0 Å². The molecule has 1 aromatic rings. The van der Waals surface area contributed by atoms with E-state index in [-0.39, 0.29) is 0 Å². The molecule has 0 aliphatic rings. The van der Waals surface area contributed by atoms with Crippen molar-refractivity contribution in [3.8, 4) is 0 Å². The second kappa shape index (κ2) is 7.24. The molecule has 1 unspecified atom stereocenters. The Morgan fingerprint density at radius 3 is 1.85 bits per heavy atom. The maximum absolute atomic E-state index is 6.15. The van der Waals surface area contributed by atoms with Crippen LogP contribution >= 0.6 is 0 Å². The van der Waals surface area contributed by atoms with Crippen LogP contribution in [-0.4, -0.2) is 24.0 Å². The number of hydrogen-bond acceptors (Lipinski definition) is 2. The van der Waals surface area contributed by atoms with E-state index in [1.807, 2.05) is 0 Å². The molecule has 0 aliphatic heterocycles. The zero-order valence-electron chi connectivity index (χ0n) is 14.3. The van der Waals surface area contributed by atoms with Crippen LogP contribution in [0.3, 0.4) is 0 Å². The summed E-state index contributed by atoms with van der Waals surface area (Å²) in [4.78, 5) is 2.55. The fourth-order valence-electron chi connectivity index (χ4n) is 3.26. The van der Waals surface area contributed by atoms with Gasteiger partial charge in [0, 0.05) is 25.2 Å². The highest BCUT2D eigenvalue weighted by molar-refractivity contribution is 5.40. The van der Waals surface area contributed by atoms with Gasteiger partial charge in [0.2, 0.25) is 0 Å². The summed E-state index contributed by atoms with van der Waals surface area (Å²) < 4.78 is 0. The van der Waals surface area contributed by atoms with Gasteiger partial charge >= 0.3 is 0 Å². The van der Waals surface area contributed by atoms with Crippen molar-refractivity contribution >= 4 is 0 Å². The van der Waals surface area contributed by atoms with Gasteiger partial charge < -0.3 is 5.73 Å². The molecule has 1 rings (SSSR count). The number of rotatable bonds is 6. The van der Waals surface area contributed by atoms with E-state index in [2.05, 4.69) is 65.5 Å². The van der Waals surface area contributed by atoms with Gasteiger partial charge in [0.05, 0.1) is 0 Å². The van der Waals surface area contributed by atoms with Gasteiger partial charge in [-0.3, -0.25) is 4.90 Å². The molecule has 20 heavy (non-hydrogen) atoms. The lowest BCUT2D eigenvalue weighted by Gasteiger charge is -2.37. The highest BCUT2D eigenvalue weighted by Gasteiger charge is 2.25. The molecule has 0 saturated heterocycles.